The Morgan fingerprint density at radius 2 is 2.12 bits per heavy atom. The number of H-pyrrole nitrogens is 2. The predicted octanol–water partition coefficient (Wildman–Crippen LogP) is 1.37. The first-order valence-corrected chi connectivity index (χ1v) is 8.29. The van der Waals surface area contributed by atoms with E-state index < -0.39 is 5.56 Å². The third-order valence-corrected chi connectivity index (χ3v) is 4.49. The first-order valence-electron chi connectivity index (χ1n) is 8.29. The van der Waals surface area contributed by atoms with Crippen LogP contribution < -0.4 is 5.56 Å². The van der Waals surface area contributed by atoms with Crippen LogP contribution in [0.2, 0.25) is 0 Å². The molecule has 3 aromatic rings. The molecule has 0 aliphatic carbocycles. The van der Waals surface area contributed by atoms with Gasteiger partial charge in [0.1, 0.15) is 5.82 Å². The fraction of sp³-hybridized carbons (Fsp3) is 0.353. The highest BCUT2D eigenvalue weighted by Gasteiger charge is 2.29. The van der Waals surface area contributed by atoms with E-state index in [1.807, 2.05) is 19.1 Å². The summed E-state index contributed by atoms with van der Waals surface area (Å²) in [7, 11) is 0. The minimum Gasteiger partial charge on any atom is -0.336 e. The van der Waals surface area contributed by atoms with Gasteiger partial charge < -0.3 is 9.88 Å². The zero-order valence-electron chi connectivity index (χ0n) is 13.8. The van der Waals surface area contributed by atoms with Crippen molar-refractivity contribution in [2.75, 3.05) is 13.1 Å². The van der Waals surface area contributed by atoms with Crippen LogP contribution in [0.5, 0.6) is 0 Å². The fourth-order valence-corrected chi connectivity index (χ4v) is 3.24. The van der Waals surface area contributed by atoms with E-state index in [9.17, 15) is 9.59 Å². The number of nitrogens with zero attached hydrogens (tertiary/aromatic N) is 4. The number of aromatic nitrogens is 5. The molecule has 4 rings (SSSR count). The average molecular weight is 338 g/mol. The van der Waals surface area contributed by atoms with Crippen molar-refractivity contribution in [3.8, 4) is 0 Å². The minimum absolute atomic E-state index is 0.0643. The van der Waals surface area contributed by atoms with Crippen molar-refractivity contribution in [1.29, 1.82) is 0 Å². The molecule has 8 nitrogen and oxygen atoms in total. The number of nitrogens with one attached hydrogen (secondary N) is 2. The van der Waals surface area contributed by atoms with Crippen molar-refractivity contribution >= 4 is 16.9 Å². The molecule has 0 spiro atoms. The Balaban J connectivity index is 1.62. The Bertz CT molecular complexity index is 992. The third-order valence-electron chi connectivity index (χ3n) is 4.49. The topological polar surface area (TPSA) is 108 Å². The number of aryl methyl sites for hydroxylation is 1. The van der Waals surface area contributed by atoms with Crippen LogP contribution in [0, 0.1) is 6.92 Å². The molecule has 1 atom stereocenters. The Morgan fingerprint density at radius 1 is 1.28 bits per heavy atom. The molecule has 25 heavy (non-hydrogen) atoms. The summed E-state index contributed by atoms with van der Waals surface area (Å²) in [5.74, 6) is 1.20. The summed E-state index contributed by atoms with van der Waals surface area (Å²) in [4.78, 5) is 38.2. The minimum atomic E-state index is -0.459. The number of para-hydroxylation sites is 2. The van der Waals surface area contributed by atoms with Gasteiger partial charge in [0.2, 0.25) is 0 Å². The third kappa shape index (κ3) is 2.90. The van der Waals surface area contributed by atoms with E-state index in [1.165, 1.54) is 0 Å². The number of aromatic amines is 2. The van der Waals surface area contributed by atoms with Gasteiger partial charge in [-0.25, -0.2) is 9.97 Å². The molecule has 1 aromatic carbocycles. The van der Waals surface area contributed by atoms with Crippen LogP contribution in [0.3, 0.4) is 0 Å². The van der Waals surface area contributed by atoms with E-state index in [4.69, 9.17) is 0 Å². The second-order valence-electron chi connectivity index (χ2n) is 6.30. The largest absolute Gasteiger partial charge is 0.336 e. The van der Waals surface area contributed by atoms with Crippen LogP contribution in [0.1, 0.15) is 40.9 Å². The van der Waals surface area contributed by atoms with Gasteiger partial charge in [-0.1, -0.05) is 12.1 Å². The predicted molar refractivity (Wildman–Crippen MR) is 91.4 cm³/mol. The summed E-state index contributed by atoms with van der Waals surface area (Å²) < 4.78 is 0. The first-order chi connectivity index (χ1) is 12.1. The lowest BCUT2D eigenvalue weighted by atomic mass is 9.97. The highest BCUT2D eigenvalue weighted by Crippen LogP contribution is 2.25. The maximum atomic E-state index is 12.8. The molecule has 0 bridgehead atoms. The number of amides is 1. The van der Waals surface area contributed by atoms with E-state index >= 15 is 0 Å². The van der Waals surface area contributed by atoms with Gasteiger partial charge in [-0.2, -0.15) is 5.10 Å². The van der Waals surface area contributed by atoms with E-state index in [0.29, 0.717) is 24.1 Å². The number of fused-ring (bicyclic) bond motifs is 1. The van der Waals surface area contributed by atoms with Gasteiger partial charge >= 0.3 is 0 Å². The Morgan fingerprint density at radius 3 is 2.92 bits per heavy atom. The van der Waals surface area contributed by atoms with Crippen molar-refractivity contribution < 1.29 is 4.79 Å². The molecular formula is C17H18N6O2. The van der Waals surface area contributed by atoms with Crippen molar-refractivity contribution in [3.63, 3.8) is 0 Å². The van der Waals surface area contributed by atoms with Crippen LogP contribution in [-0.4, -0.2) is 49.0 Å². The van der Waals surface area contributed by atoms with Crippen LogP contribution in [-0.2, 0) is 0 Å². The molecule has 0 saturated carbocycles. The number of benzene rings is 1. The summed E-state index contributed by atoms with van der Waals surface area (Å²) >= 11 is 0. The lowest BCUT2D eigenvalue weighted by molar-refractivity contribution is 0.0697. The fourth-order valence-electron chi connectivity index (χ4n) is 3.24. The van der Waals surface area contributed by atoms with Crippen LogP contribution in [0.25, 0.3) is 11.0 Å². The molecule has 3 heterocycles. The smallest absolute Gasteiger partial charge is 0.280 e. The van der Waals surface area contributed by atoms with E-state index in [0.717, 1.165) is 24.5 Å². The molecule has 1 fully saturated rings. The zero-order chi connectivity index (χ0) is 17.4. The van der Waals surface area contributed by atoms with Gasteiger partial charge in [0.15, 0.2) is 11.5 Å². The molecule has 128 valence electrons. The number of hydrogen-bond donors (Lipinski definition) is 2. The number of likely N-dealkylation sites (tertiary alicyclic amines) is 1. The Hall–Kier alpha value is -3.03. The molecule has 1 saturated heterocycles. The lowest BCUT2D eigenvalue weighted by Gasteiger charge is -2.31. The number of piperidine rings is 1. The van der Waals surface area contributed by atoms with Crippen molar-refractivity contribution in [1.82, 2.24) is 30.0 Å². The average Bonchev–Trinajstić information content (AvgIpc) is 3.07. The molecular weight excluding hydrogens is 320 g/mol. The van der Waals surface area contributed by atoms with Gasteiger partial charge in [0.25, 0.3) is 11.5 Å². The monoisotopic (exact) mass is 338 g/mol. The van der Waals surface area contributed by atoms with Gasteiger partial charge in [-0.15, -0.1) is 0 Å². The summed E-state index contributed by atoms with van der Waals surface area (Å²) in [5.41, 5.74) is 0.699. The van der Waals surface area contributed by atoms with Crippen molar-refractivity contribution in [2.45, 2.75) is 25.7 Å². The first kappa shape index (κ1) is 15.5. The second-order valence-corrected chi connectivity index (χ2v) is 6.30. The summed E-state index contributed by atoms with van der Waals surface area (Å²) in [6.45, 7) is 2.94. The molecule has 2 N–H and O–H groups in total. The molecule has 1 aliphatic heterocycles. The Kier molecular flexibility index (Phi) is 3.79. The number of rotatable bonds is 2. The van der Waals surface area contributed by atoms with Gasteiger partial charge in [-0.05, 0) is 31.9 Å². The van der Waals surface area contributed by atoms with E-state index in [-0.39, 0.29) is 17.5 Å². The lowest BCUT2D eigenvalue weighted by Crippen LogP contribution is -2.42. The normalized spacial score (nSPS) is 17.8. The van der Waals surface area contributed by atoms with Crippen LogP contribution in [0.15, 0.2) is 29.1 Å². The quantitative estimate of drug-likeness (QED) is 0.734. The second kappa shape index (κ2) is 6.12. The molecule has 0 unspecified atom stereocenters. The maximum absolute atomic E-state index is 12.8. The SMILES string of the molecule is Cc1nc([C@@H]2CCCN(C(=O)c3nc4ccccc4[nH]c3=O)C2)n[nH]1. The van der Waals surface area contributed by atoms with Gasteiger partial charge in [0, 0.05) is 19.0 Å². The Labute approximate surface area is 143 Å². The summed E-state index contributed by atoms with van der Waals surface area (Å²) in [6, 6.07) is 7.18. The van der Waals surface area contributed by atoms with Crippen LogP contribution >= 0.6 is 0 Å². The van der Waals surface area contributed by atoms with E-state index in [2.05, 4.69) is 25.1 Å². The van der Waals surface area contributed by atoms with Gasteiger partial charge in [-0.3, -0.25) is 14.7 Å². The summed E-state index contributed by atoms with van der Waals surface area (Å²) in [6.07, 6.45) is 1.76. The molecule has 1 aliphatic rings. The van der Waals surface area contributed by atoms with Crippen molar-refractivity contribution in [2.24, 2.45) is 0 Å². The van der Waals surface area contributed by atoms with Gasteiger partial charge in [0.05, 0.1) is 11.0 Å². The number of carbonyl (C=O) groups is 1. The molecule has 1 amide bonds. The standard InChI is InChI=1S/C17H18N6O2/c1-10-18-15(22-21-10)11-5-4-8-23(9-11)17(25)14-16(24)20-13-7-3-2-6-12(13)19-14/h2-3,6-7,11H,4-5,8-9H2,1H3,(H,20,24)(H,18,21,22)/t11-/m1/s1. The van der Waals surface area contributed by atoms with Crippen LogP contribution in [0.4, 0.5) is 0 Å². The van der Waals surface area contributed by atoms with Crippen molar-refractivity contribution in [3.05, 3.63) is 52.0 Å². The molecule has 0 radical (unpaired) electrons. The zero-order valence-corrected chi connectivity index (χ0v) is 13.8. The van der Waals surface area contributed by atoms with E-state index in [1.54, 1.807) is 17.0 Å². The summed E-state index contributed by atoms with van der Waals surface area (Å²) in [5, 5.41) is 7.05. The number of carbonyl (C=O) groups excluding carboxylic acids is 1. The highest BCUT2D eigenvalue weighted by molar-refractivity contribution is 5.93. The number of hydrogen-bond acceptors (Lipinski definition) is 5. The molecule has 2 aromatic heterocycles. The molecule has 8 heteroatoms. The highest BCUT2D eigenvalue weighted by atomic mass is 16.2. The maximum Gasteiger partial charge on any atom is 0.280 e.